The Bertz CT molecular complexity index is 1210. The van der Waals surface area contributed by atoms with Crippen molar-refractivity contribution in [2.75, 3.05) is 11.9 Å². The summed E-state index contributed by atoms with van der Waals surface area (Å²) < 4.78 is 2.17. The molecule has 6 heteroatoms. The number of anilines is 1. The van der Waals surface area contributed by atoms with Crippen molar-refractivity contribution in [3.05, 3.63) is 101 Å². The molecule has 0 radical (unpaired) electrons. The quantitative estimate of drug-likeness (QED) is 0.312. The molecule has 0 fully saturated rings. The molecular weight excluding hydrogens is 408 g/mol. The molecule has 5 nitrogen and oxygen atoms in total. The normalized spacial score (nSPS) is 11.2. The van der Waals surface area contributed by atoms with Crippen LogP contribution in [0.3, 0.4) is 0 Å². The predicted molar refractivity (Wildman–Crippen MR) is 128 cm³/mol. The SMILES string of the molecule is Cc1ccc(NCC(=O)N/N=C\c2cn(Cc3ccc(Cl)cc3)c3ccccc23)cc1. The molecule has 31 heavy (non-hydrogen) atoms. The molecule has 0 spiro atoms. The van der Waals surface area contributed by atoms with E-state index < -0.39 is 0 Å². The second-order valence-corrected chi connectivity index (χ2v) is 7.81. The molecule has 0 bridgehead atoms. The summed E-state index contributed by atoms with van der Waals surface area (Å²) in [6.45, 7) is 2.90. The Balaban J connectivity index is 1.42. The minimum absolute atomic E-state index is 0.152. The first-order valence-corrected chi connectivity index (χ1v) is 10.4. The lowest BCUT2D eigenvalue weighted by molar-refractivity contribution is -0.119. The van der Waals surface area contributed by atoms with E-state index in [1.165, 1.54) is 5.56 Å². The lowest BCUT2D eigenvalue weighted by atomic mass is 10.2. The van der Waals surface area contributed by atoms with E-state index in [-0.39, 0.29) is 12.5 Å². The maximum Gasteiger partial charge on any atom is 0.259 e. The molecule has 1 amide bonds. The van der Waals surface area contributed by atoms with Gasteiger partial charge in [-0.3, -0.25) is 4.79 Å². The number of hydrogen-bond donors (Lipinski definition) is 2. The van der Waals surface area contributed by atoms with Gasteiger partial charge < -0.3 is 9.88 Å². The Morgan fingerprint density at radius 1 is 1.03 bits per heavy atom. The first kappa shape index (κ1) is 20.7. The van der Waals surface area contributed by atoms with E-state index in [4.69, 9.17) is 11.6 Å². The van der Waals surface area contributed by atoms with Gasteiger partial charge in [0.15, 0.2) is 0 Å². The third-order valence-corrected chi connectivity index (χ3v) is 5.24. The van der Waals surface area contributed by atoms with Gasteiger partial charge >= 0.3 is 0 Å². The van der Waals surface area contributed by atoms with Gasteiger partial charge in [-0.15, -0.1) is 0 Å². The van der Waals surface area contributed by atoms with Crippen molar-refractivity contribution in [3.63, 3.8) is 0 Å². The molecule has 1 heterocycles. The van der Waals surface area contributed by atoms with Gasteiger partial charge in [0.25, 0.3) is 5.91 Å². The average molecular weight is 431 g/mol. The predicted octanol–water partition coefficient (Wildman–Crippen LogP) is 5.21. The highest BCUT2D eigenvalue weighted by Gasteiger charge is 2.07. The number of carbonyl (C=O) groups is 1. The molecule has 0 atom stereocenters. The standard InChI is InChI=1S/C25H23ClN4O/c1-18-6-12-22(13-7-18)27-15-25(31)29-28-14-20-17-30(24-5-3-2-4-23(20)24)16-19-8-10-21(26)11-9-19/h2-14,17,27H,15-16H2,1H3,(H,29,31)/b28-14-. The van der Waals surface area contributed by atoms with Crippen molar-refractivity contribution in [1.82, 2.24) is 9.99 Å². The van der Waals surface area contributed by atoms with Gasteiger partial charge in [0.1, 0.15) is 0 Å². The zero-order valence-corrected chi connectivity index (χ0v) is 17.9. The van der Waals surface area contributed by atoms with Crippen LogP contribution in [0.5, 0.6) is 0 Å². The smallest absolute Gasteiger partial charge is 0.259 e. The van der Waals surface area contributed by atoms with Crippen molar-refractivity contribution >= 4 is 40.3 Å². The Morgan fingerprint density at radius 2 is 1.77 bits per heavy atom. The summed E-state index contributed by atoms with van der Waals surface area (Å²) in [6, 6.07) is 23.9. The second-order valence-electron chi connectivity index (χ2n) is 7.37. The average Bonchev–Trinajstić information content (AvgIpc) is 3.12. The zero-order chi connectivity index (χ0) is 21.6. The van der Waals surface area contributed by atoms with Crippen LogP contribution in [0, 0.1) is 6.92 Å². The van der Waals surface area contributed by atoms with E-state index in [2.05, 4.69) is 32.5 Å². The minimum atomic E-state index is -0.207. The first-order valence-electron chi connectivity index (χ1n) is 10.0. The van der Waals surface area contributed by atoms with Crippen LogP contribution in [0.15, 0.2) is 84.1 Å². The maximum absolute atomic E-state index is 12.1. The van der Waals surface area contributed by atoms with E-state index in [1.54, 1.807) is 6.21 Å². The topological polar surface area (TPSA) is 58.4 Å². The molecule has 4 rings (SSSR count). The number of rotatable bonds is 7. The van der Waals surface area contributed by atoms with Crippen molar-refractivity contribution in [1.29, 1.82) is 0 Å². The molecule has 0 aliphatic carbocycles. The number of amides is 1. The van der Waals surface area contributed by atoms with Gasteiger partial charge in [-0.25, -0.2) is 5.43 Å². The van der Waals surface area contributed by atoms with Crippen LogP contribution in [0.4, 0.5) is 5.69 Å². The Morgan fingerprint density at radius 3 is 2.55 bits per heavy atom. The van der Waals surface area contributed by atoms with Crippen LogP contribution in [-0.2, 0) is 11.3 Å². The van der Waals surface area contributed by atoms with E-state index in [9.17, 15) is 4.79 Å². The molecular formula is C25H23ClN4O. The molecule has 0 aliphatic heterocycles. The van der Waals surface area contributed by atoms with Gasteiger partial charge in [-0.1, -0.05) is 59.6 Å². The number of halogens is 1. The molecule has 0 unspecified atom stereocenters. The van der Waals surface area contributed by atoms with Gasteiger partial charge in [0.05, 0.1) is 12.8 Å². The summed E-state index contributed by atoms with van der Waals surface area (Å²) in [5.74, 6) is -0.207. The van der Waals surface area contributed by atoms with Crippen LogP contribution in [0.1, 0.15) is 16.7 Å². The Labute approximate surface area is 186 Å². The van der Waals surface area contributed by atoms with E-state index in [0.29, 0.717) is 0 Å². The third kappa shape index (κ3) is 5.32. The Kier molecular flexibility index (Phi) is 6.34. The van der Waals surface area contributed by atoms with Gasteiger partial charge in [-0.2, -0.15) is 5.10 Å². The number of hydrazone groups is 1. The van der Waals surface area contributed by atoms with E-state index >= 15 is 0 Å². The highest BCUT2D eigenvalue weighted by atomic mass is 35.5. The molecule has 0 saturated carbocycles. The summed E-state index contributed by atoms with van der Waals surface area (Å²) in [4.78, 5) is 12.1. The molecule has 1 aromatic heterocycles. The monoisotopic (exact) mass is 430 g/mol. The van der Waals surface area contributed by atoms with Crippen molar-refractivity contribution in [2.45, 2.75) is 13.5 Å². The van der Waals surface area contributed by atoms with Crippen LogP contribution < -0.4 is 10.7 Å². The molecule has 0 saturated heterocycles. The number of para-hydroxylation sites is 1. The van der Waals surface area contributed by atoms with Crippen LogP contribution in [-0.4, -0.2) is 23.2 Å². The van der Waals surface area contributed by atoms with Gasteiger partial charge in [0, 0.05) is 39.9 Å². The first-order chi connectivity index (χ1) is 15.1. The van der Waals surface area contributed by atoms with Crippen LogP contribution in [0.25, 0.3) is 10.9 Å². The highest BCUT2D eigenvalue weighted by molar-refractivity contribution is 6.30. The number of aromatic nitrogens is 1. The molecule has 3 aromatic carbocycles. The maximum atomic E-state index is 12.1. The van der Waals surface area contributed by atoms with E-state index in [1.807, 2.05) is 73.8 Å². The van der Waals surface area contributed by atoms with Gasteiger partial charge in [0.2, 0.25) is 0 Å². The highest BCUT2D eigenvalue weighted by Crippen LogP contribution is 2.21. The molecule has 156 valence electrons. The van der Waals surface area contributed by atoms with Crippen LogP contribution in [0.2, 0.25) is 5.02 Å². The fourth-order valence-corrected chi connectivity index (χ4v) is 3.49. The molecule has 2 N–H and O–H groups in total. The third-order valence-electron chi connectivity index (χ3n) is 4.98. The Hall–Kier alpha value is -3.57. The van der Waals surface area contributed by atoms with Gasteiger partial charge in [-0.05, 0) is 42.8 Å². The lowest BCUT2D eigenvalue weighted by Crippen LogP contribution is -2.25. The summed E-state index contributed by atoms with van der Waals surface area (Å²) in [5, 5.41) is 9.04. The number of fused-ring (bicyclic) bond motifs is 1. The second kappa shape index (κ2) is 9.49. The summed E-state index contributed by atoms with van der Waals surface area (Å²) in [5.41, 5.74) is 7.86. The van der Waals surface area contributed by atoms with Crippen molar-refractivity contribution in [2.24, 2.45) is 5.10 Å². The van der Waals surface area contributed by atoms with Crippen molar-refractivity contribution < 1.29 is 4.79 Å². The minimum Gasteiger partial charge on any atom is -0.376 e. The number of benzene rings is 3. The summed E-state index contributed by atoms with van der Waals surface area (Å²) >= 11 is 6.00. The molecule has 4 aromatic rings. The number of nitrogens with zero attached hydrogens (tertiary/aromatic N) is 2. The largest absolute Gasteiger partial charge is 0.376 e. The van der Waals surface area contributed by atoms with Crippen molar-refractivity contribution in [3.8, 4) is 0 Å². The number of carbonyl (C=O) groups excluding carboxylic acids is 1. The number of nitrogens with one attached hydrogen (secondary N) is 2. The summed E-state index contributed by atoms with van der Waals surface area (Å²) in [6.07, 6.45) is 3.73. The summed E-state index contributed by atoms with van der Waals surface area (Å²) in [7, 11) is 0. The fraction of sp³-hybridized carbons (Fsp3) is 0.120. The van der Waals surface area contributed by atoms with E-state index in [0.717, 1.165) is 39.3 Å². The molecule has 0 aliphatic rings. The number of hydrogen-bond acceptors (Lipinski definition) is 3. The zero-order valence-electron chi connectivity index (χ0n) is 17.2. The number of aryl methyl sites for hydroxylation is 1. The lowest BCUT2D eigenvalue weighted by Gasteiger charge is -2.05. The fourth-order valence-electron chi connectivity index (χ4n) is 3.36. The van der Waals surface area contributed by atoms with Crippen LogP contribution >= 0.6 is 11.6 Å².